The number of hydrogen-bond donors (Lipinski definition) is 0. The standard InChI is InChI=1S/C74H118O6/c1-4-7-10-13-16-19-22-25-28-30-31-32-33-34-35-36-37-38-39-40-41-42-43-45-46-49-52-55-58-61-64-67-73(76)79-70-71(69-78-72(75)66-63-60-57-54-51-48-27-24-21-18-15-12-9-6-3)80-74(77)68-65-62-59-56-53-50-47-44-29-26-23-20-17-14-11-8-5-2/h7-8,10-11,16-17,19-20,25-26,28-29,31-32,34-35,37-38,40-41,43,45,47,49-50,52,71H,4-6,9,12-15,18,21-24,27,30,33,36,39,42,44,46,48,51,53-70H2,1-3H3/b10-7-,11-8-,19-16-,20-17-,28-25-,29-26-,32-31-,35-34-,38-37-,41-40-,45-43-,50-47-,52-49-. The van der Waals surface area contributed by atoms with E-state index >= 15 is 0 Å². The number of allylic oxidation sites excluding steroid dienone is 26. The maximum absolute atomic E-state index is 12.9. The molecule has 0 aromatic heterocycles. The summed E-state index contributed by atoms with van der Waals surface area (Å²) < 4.78 is 16.9. The first-order valence-corrected chi connectivity index (χ1v) is 32.5. The van der Waals surface area contributed by atoms with Crippen LogP contribution >= 0.6 is 0 Å². The first-order valence-electron chi connectivity index (χ1n) is 32.5. The molecule has 0 bridgehead atoms. The molecule has 0 aliphatic heterocycles. The maximum atomic E-state index is 12.9. The van der Waals surface area contributed by atoms with Crippen molar-refractivity contribution in [1.82, 2.24) is 0 Å². The van der Waals surface area contributed by atoms with Crippen LogP contribution in [0.5, 0.6) is 0 Å². The number of unbranched alkanes of at least 4 members (excludes halogenated alkanes) is 20. The van der Waals surface area contributed by atoms with Crippen LogP contribution in [0.25, 0.3) is 0 Å². The first-order chi connectivity index (χ1) is 39.5. The van der Waals surface area contributed by atoms with Gasteiger partial charge in [-0.15, -0.1) is 0 Å². The Kier molecular flexibility index (Phi) is 62.4. The molecule has 1 unspecified atom stereocenters. The Balaban J connectivity index is 4.43. The number of rotatable bonds is 57. The molecule has 450 valence electrons. The molecule has 0 fully saturated rings. The van der Waals surface area contributed by atoms with E-state index in [1.54, 1.807) is 0 Å². The van der Waals surface area contributed by atoms with Crippen LogP contribution in [0.1, 0.15) is 271 Å². The van der Waals surface area contributed by atoms with Crippen LogP contribution < -0.4 is 0 Å². The van der Waals surface area contributed by atoms with E-state index in [2.05, 4.69) is 179 Å². The van der Waals surface area contributed by atoms with Crippen molar-refractivity contribution in [3.63, 3.8) is 0 Å². The van der Waals surface area contributed by atoms with Crippen LogP contribution in [0.15, 0.2) is 158 Å². The van der Waals surface area contributed by atoms with Gasteiger partial charge in [0.15, 0.2) is 6.10 Å². The molecule has 0 amide bonds. The molecular weight excluding hydrogens is 985 g/mol. The van der Waals surface area contributed by atoms with Gasteiger partial charge in [-0.3, -0.25) is 14.4 Å². The Hall–Kier alpha value is -4.97. The molecule has 0 heterocycles. The zero-order valence-electron chi connectivity index (χ0n) is 51.5. The van der Waals surface area contributed by atoms with Crippen molar-refractivity contribution in [2.24, 2.45) is 0 Å². The minimum absolute atomic E-state index is 0.103. The summed E-state index contributed by atoms with van der Waals surface area (Å²) in [5.41, 5.74) is 0. The summed E-state index contributed by atoms with van der Waals surface area (Å²) in [6.07, 6.45) is 96.8. The summed E-state index contributed by atoms with van der Waals surface area (Å²) in [7, 11) is 0. The fourth-order valence-corrected chi connectivity index (χ4v) is 8.48. The largest absolute Gasteiger partial charge is 0.462 e. The Bertz CT molecular complexity index is 1790. The quantitative estimate of drug-likeness (QED) is 0.0261. The molecule has 80 heavy (non-hydrogen) atoms. The van der Waals surface area contributed by atoms with Crippen molar-refractivity contribution < 1.29 is 28.6 Å². The van der Waals surface area contributed by atoms with Crippen molar-refractivity contribution in [2.75, 3.05) is 13.2 Å². The highest BCUT2D eigenvalue weighted by molar-refractivity contribution is 5.71. The fraction of sp³-hybridized carbons (Fsp3) is 0.608. The summed E-state index contributed by atoms with van der Waals surface area (Å²) in [4.78, 5) is 38.3. The topological polar surface area (TPSA) is 78.9 Å². The number of hydrogen-bond acceptors (Lipinski definition) is 6. The van der Waals surface area contributed by atoms with Gasteiger partial charge in [0.25, 0.3) is 0 Å². The van der Waals surface area contributed by atoms with Crippen molar-refractivity contribution in [3.05, 3.63) is 158 Å². The van der Waals surface area contributed by atoms with E-state index in [0.29, 0.717) is 12.8 Å². The third-order valence-electron chi connectivity index (χ3n) is 13.3. The minimum Gasteiger partial charge on any atom is -0.462 e. The van der Waals surface area contributed by atoms with Crippen molar-refractivity contribution in [1.29, 1.82) is 0 Å². The lowest BCUT2D eigenvalue weighted by atomic mass is 10.0. The zero-order chi connectivity index (χ0) is 57.8. The van der Waals surface area contributed by atoms with E-state index in [1.165, 1.54) is 70.6 Å². The van der Waals surface area contributed by atoms with Gasteiger partial charge in [0, 0.05) is 19.3 Å². The summed E-state index contributed by atoms with van der Waals surface area (Å²) in [6.45, 7) is 6.37. The number of carbonyl (C=O) groups is 3. The molecule has 0 aromatic carbocycles. The number of carbonyl (C=O) groups excluding carboxylic acids is 3. The van der Waals surface area contributed by atoms with E-state index in [1.807, 2.05) is 0 Å². The predicted molar refractivity (Wildman–Crippen MR) is 348 cm³/mol. The van der Waals surface area contributed by atoms with Crippen molar-refractivity contribution >= 4 is 17.9 Å². The Labute approximate surface area is 492 Å². The average Bonchev–Trinajstić information content (AvgIpc) is 3.46. The second-order valence-electron chi connectivity index (χ2n) is 20.9. The van der Waals surface area contributed by atoms with Crippen LogP contribution in [0.3, 0.4) is 0 Å². The molecule has 0 saturated carbocycles. The lowest BCUT2D eigenvalue weighted by molar-refractivity contribution is -0.167. The van der Waals surface area contributed by atoms with Crippen LogP contribution in [0.4, 0.5) is 0 Å². The Morgan fingerprint density at radius 1 is 0.263 bits per heavy atom. The lowest BCUT2D eigenvalue weighted by Crippen LogP contribution is -2.30. The minimum atomic E-state index is -0.812. The molecule has 0 rings (SSSR count). The Morgan fingerprint density at radius 2 is 0.487 bits per heavy atom. The van der Waals surface area contributed by atoms with Gasteiger partial charge < -0.3 is 14.2 Å². The summed E-state index contributed by atoms with van der Waals surface area (Å²) in [5.74, 6) is -0.962. The zero-order valence-corrected chi connectivity index (χ0v) is 51.5. The van der Waals surface area contributed by atoms with Crippen LogP contribution in [-0.4, -0.2) is 37.2 Å². The van der Waals surface area contributed by atoms with E-state index in [-0.39, 0.29) is 37.5 Å². The highest BCUT2D eigenvalue weighted by Gasteiger charge is 2.19. The van der Waals surface area contributed by atoms with E-state index in [0.717, 1.165) is 161 Å². The Morgan fingerprint density at radius 3 is 0.775 bits per heavy atom. The molecule has 0 radical (unpaired) electrons. The third-order valence-corrected chi connectivity index (χ3v) is 13.3. The van der Waals surface area contributed by atoms with Crippen LogP contribution in [0, 0.1) is 0 Å². The highest BCUT2D eigenvalue weighted by atomic mass is 16.6. The summed E-state index contributed by atoms with van der Waals surface area (Å²) in [6, 6.07) is 0. The van der Waals surface area contributed by atoms with Gasteiger partial charge in [-0.25, -0.2) is 0 Å². The molecular formula is C74H118O6. The van der Waals surface area contributed by atoms with E-state index in [4.69, 9.17) is 14.2 Å². The van der Waals surface area contributed by atoms with Gasteiger partial charge in [0.1, 0.15) is 13.2 Å². The van der Waals surface area contributed by atoms with Crippen molar-refractivity contribution in [3.8, 4) is 0 Å². The number of ether oxygens (including phenoxy) is 3. The van der Waals surface area contributed by atoms with Crippen LogP contribution in [-0.2, 0) is 28.6 Å². The molecule has 0 aliphatic rings. The molecule has 1 atom stereocenters. The molecule has 0 spiro atoms. The summed E-state index contributed by atoms with van der Waals surface area (Å²) >= 11 is 0. The van der Waals surface area contributed by atoms with Crippen LogP contribution in [0.2, 0.25) is 0 Å². The van der Waals surface area contributed by atoms with E-state index < -0.39 is 6.10 Å². The molecule has 0 N–H and O–H groups in total. The number of esters is 3. The monoisotopic (exact) mass is 1100 g/mol. The van der Waals surface area contributed by atoms with E-state index in [9.17, 15) is 14.4 Å². The van der Waals surface area contributed by atoms with Gasteiger partial charge in [-0.1, -0.05) is 281 Å². The van der Waals surface area contributed by atoms with Crippen molar-refractivity contribution in [2.45, 2.75) is 277 Å². The van der Waals surface area contributed by atoms with Gasteiger partial charge in [-0.2, -0.15) is 0 Å². The first kappa shape index (κ1) is 75.0. The highest BCUT2D eigenvalue weighted by Crippen LogP contribution is 2.15. The fourth-order valence-electron chi connectivity index (χ4n) is 8.48. The second kappa shape index (κ2) is 66.5. The second-order valence-corrected chi connectivity index (χ2v) is 20.9. The molecule has 6 heteroatoms. The van der Waals surface area contributed by atoms with Gasteiger partial charge in [0.05, 0.1) is 0 Å². The molecule has 0 aromatic rings. The molecule has 6 nitrogen and oxygen atoms in total. The normalized spacial score (nSPS) is 13.2. The maximum Gasteiger partial charge on any atom is 0.306 e. The van der Waals surface area contributed by atoms with Gasteiger partial charge in [0.2, 0.25) is 0 Å². The van der Waals surface area contributed by atoms with Gasteiger partial charge in [-0.05, 0) is 128 Å². The SMILES string of the molecule is CC/C=C\C/C=C\C/C=C\C/C=C\C/C=C\C/C=C\C/C=C\C/C=C\C/C=C\CCCCCC(=O)OCC(COC(=O)CCCCCCCCCCCCCCCC)OC(=O)CCCCCC/C=C\C/C=C\C/C=C\C/C=C\CC. The van der Waals surface area contributed by atoms with Gasteiger partial charge >= 0.3 is 17.9 Å². The smallest absolute Gasteiger partial charge is 0.306 e. The lowest BCUT2D eigenvalue weighted by Gasteiger charge is -2.18. The average molecular weight is 1100 g/mol. The molecule has 0 saturated heterocycles. The summed E-state index contributed by atoms with van der Waals surface area (Å²) in [5, 5.41) is 0. The third kappa shape index (κ3) is 63.9. The molecule has 0 aliphatic carbocycles. The predicted octanol–water partition coefficient (Wildman–Crippen LogP) is 22.5.